The fraction of sp³-hybridized carbons (Fsp3) is 0.200. The Kier molecular flexibility index (Phi) is 2.89. The van der Waals surface area contributed by atoms with Crippen LogP contribution in [0.4, 0.5) is 10.1 Å². The summed E-state index contributed by atoms with van der Waals surface area (Å²) >= 11 is 0. The largest absolute Gasteiger partial charge is 0.490 e. The molecule has 2 aromatic carbocycles. The third kappa shape index (κ3) is 2.04. The maximum Gasteiger partial charge on any atom is 0.165 e. The Balaban J connectivity index is 1.90. The first-order chi connectivity index (χ1) is 8.84. The van der Waals surface area contributed by atoms with Crippen molar-refractivity contribution in [3.63, 3.8) is 0 Å². The second-order valence-corrected chi connectivity index (χ2v) is 4.36. The third-order valence-corrected chi connectivity index (χ3v) is 3.14. The lowest BCUT2D eigenvalue weighted by Gasteiger charge is -2.27. The predicted molar refractivity (Wildman–Crippen MR) is 69.3 cm³/mol. The molecular weight excluding hydrogens is 229 g/mol. The summed E-state index contributed by atoms with van der Waals surface area (Å²) < 4.78 is 19.0. The monoisotopic (exact) mass is 243 g/mol. The molecule has 0 bridgehead atoms. The van der Waals surface area contributed by atoms with Crippen molar-refractivity contribution in [3.05, 3.63) is 59.9 Å². The Hall–Kier alpha value is -2.03. The molecule has 1 N–H and O–H groups in total. The molecule has 0 fully saturated rings. The number of para-hydroxylation sites is 2. The predicted octanol–water partition coefficient (Wildman–Crippen LogP) is 3.76. The first kappa shape index (κ1) is 11.1. The van der Waals surface area contributed by atoms with Gasteiger partial charge in [0.1, 0.15) is 0 Å². The fourth-order valence-corrected chi connectivity index (χ4v) is 2.27. The molecule has 18 heavy (non-hydrogen) atoms. The molecule has 1 heterocycles. The number of hydrogen-bond donors (Lipinski definition) is 1. The Morgan fingerprint density at radius 3 is 2.72 bits per heavy atom. The molecule has 0 spiro atoms. The van der Waals surface area contributed by atoms with Gasteiger partial charge in [0.2, 0.25) is 0 Å². The Morgan fingerprint density at radius 2 is 1.89 bits per heavy atom. The minimum Gasteiger partial charge on any atom is -0.490 e. The summed E-state index contributed by atoms with van der Waals surface area (Å²) in [6, 6.07) is 15.1. The molecule has 0 saturated heterocycles. The summed E-state index contributed by atoms with van der Waals surface area (Å²) in [6.07, 6.45) is 0.839. The molecule has 0 aliphatic carbocycles. The Morgan fingerprint density at radius 1 is 1.06 bits per heavy atom. The topological polar surface area (TPSA) is 21.3 Å². The molecule has 2 nitrogen and oxygen atoms in total. The molecule has 0 unspecified atom stereocenters. The Bertz CT molecular complexity index is 541. The van der Waals surface area contributed by atoms with E-state index in [1.54, 1.807) is 6.07 Å². The smallest absolute Gasteiger partial charge is 0.165 e. The third-order valence-electron chi connectivity index (χ3n) is 3.14. The average molecular weight is 243 g/mol. The van der Waals surface area contributed by atoms with Crippen LogP contribution in [0.5, 0.6) is 5.75 Å². The van der Waals surface area contributed by atoms with Crippen molar-refractivity contribution in [3.8, 4) is 5.75 Å². The van der Waals surface area contributed by atoms with Crippen LogP contribution in [0, 0.1) is 5.82 Å². The second-order valence-electron chi connectivity index (χ2n) is 4.36. The number of hydrogen-bond acceptors (Lipinski definition) is 2. The lowest BCUT2D eigenvalue weighted by Crippen LogP contribution is -2.21. The minimum absolute atomic E-state index is 0.104. The van der Waals surface area contributed by atoms with Gasteiger partial charge in [-0.25, -0.2) is 4.39 Å². The standard InChI is InChI=1S/C15H14FNO/c16-13-8-4-7-12-14(9-10-18-15(12)13)17-11-5-2-1-3-6-11/h1-8,14,17H,9-10H2/t14-/m1/s1. The number of rotatable bonds is 2. The van der Waals surface area contributed by atoms with E-state index in [1.807, 2.05) is 36.4 Å². The van der Waals surface area contributed by atoms with Crippen LogP contribution in [0.3, 0.4) is 0 Å². The van der Waals surface area contributed by atoms with Crippen LogP contribution in [0.2, 0.25) is 0 Å². The molecule has 0 radical (unpaired) electrons. The lowest BCUT2D eigenvalue weighted by atomic mass is 10.00. The van der Waals surface area contributed by atoms with Crippen molar-refractivity contribution >= 4 is 5.69 Å². The maximum atomic E-state index is 13.6. The van der Waals surface area contributed by atoms with Crippen molar-refractivity contribution in [2.75, 3.05) is 11.9 Å². The highest BCUT2D eigenvalue weighted by atomic mass is 19.1. The molecule has 92 valence electrons. The van der Waals surface area contributed by atoms with E-state index in [-0.39, 0.29) is 11.9 Å². The highest BCUT2D eigenvalue weighted by Crippen LogP contribution is 2.35. The first-order valence-corrected chi connectivity index (χ1v) is 6.07. The molecule has 0 saturated carbocycles. The van der Waals surface area contributed by atoms with Crippen molar-refractivity contribution < 1.29 is 9.13 Å². The van der Waals surface area contributed by atoms with Crippen molar-refractivity contribution in [2.24, 2.45) is 0 Å². The quantitative estimate of drug-likeness (QED) is 0.867. The van der Waals surface area contributed by atoms with Crippen LogP contribution in [0.15, 0.2) is 48.5 Å². The summed E-state index contributed by atoms with van der Waals surface area (Å²) in [6.45, 7) is 0.540. The van der Waals surface area contributed by atoms with Gasteiger partial charge in [-0.1, -0.05) is 30.3 Å². The van der Waals surface area contributed by atoms with Gasteiger partial charge in [0.05, 0.1) is 12.6 Å². The van der Waals surface area contributed by atoms with Crippen LogP contribution < -0.4 is 10.1 Å². The van der Waals surface area contributed by atoms with Gasteiger partial charge < -0.3 is 10.1 Å². The van der Waals surface area contributed by atoms with Gasteiger partial charge in [0, 0.05) is 17.7 Å². The molecule has 0 amide bonds. The number of anilines is 1. The molecular formula is C15H14FNO. The highest BCUT2D eigenvalue weighted by Gasteiger charge is 2.23. The van der Waals surface area contributed by atoms with Crippen LogP contribution in [-0.2, 0) is 0 Å². The maximum absolute atomic E-state index is 13.6. The van der Waals surface area contributed by atoms with E-state index in [4.69, 9.17) is 4.74 Å². The van der Waals surface area contributed by atoms with Gasteiger partial charge in [-0.2, -0.15) is 0 Å². The summed E-state index contributed by atoms with van der Waals surface area (Å²) in [7, 11) is 0. The molecule has 3 heteroatoms. The SMILES string of the molecule is Fc1cccc2c1OCC[C@H]2Nc1ccccc1. The minimum atomic E-state index is -0.285. The van der Waals surface area contributed by atoms with E-state index >= 15 is 0 Å². The number of benzene rings is 2. The molecule has 1 aliphatic heterocycles. The van der Waals surface area contributed by atoms with Crippen LogP contribution in [-0.4, -0.2) is 6.61 Å². The van der Waals surface area contributed by atoms with E-state index in [2.05, 4.69) is 5.32 Å². The van der Waals surface area contributed by atoms with Crippen molar-refractivity contribution in [1.29, 1.82) is 0 Å². The summed E-state index contributed by atoms with van der Waals surface area (Å²) in [5.41, 5.74) is 1.93. The van der Waals surface area contributed by atoms with Gasteiger partial charge in [0.25, 0.3) is 0 Å². The second kappa shape index (κ2) is 4.69. The lowest BCUT2D eigenvalue weighted by molar-refractivity contribution is 0.260. The van der Waals surface area contributed by atoms with E-state index in [0.717, 1.165) is 17.7 Å². The fourth-order valence-electron chi connectivity index (χ4n) is 2.27. The zero-order chi connectivity index (χ0) is 12.4. The van der Waals surface area contributed by atoms with Crippen molar-refractivity contribution in [1.82, 2.24) is 0 Å². The van der Waals surface area contributed by atoms with Gasteiger partial charge in [-0.05, 0) is 18.2 Å². The normalized spacial score (nSPS) is 17.7. The molecule has 1 atom stereocenters. The van der Waals surface area contributed by atoms with E-state index in [9.17, 15) is 4.39 Å². The van der Waals surface area contributed by atoms with E-state index in [1.165, 1.54) is 6.07 Å². The van der Waals surface area contributed by atoms with Gasteiger partial charge in [-0.3, -0.25) is 0 Å². The number of nitrogens with one attached hydrogen (secondary N) is 1. The summed E-state index contributed by atoms with van der Waals surface area (Å²) in [4.78, 5) is 0. The summed E-state index contributed by atoms with van der Waals surface area (Å²) in [5, 5.41) is 3.42. The van der Waals surface area contributed by atoms with E-state index in [0.29, 0.717) is 12.4 Å². The molecule has 1 aliphatic rings. The number of halogens is 1. The van der Waals surface area contributed by atoms with E-state index < -0.39 is 0 Å². The van der Waals surface area contributed by atoms with Gasteiger partial charge in [-0.15, -0.1) is 0 Å². The van der Waals surface area contributed by atoms with Crippen LogP contribution >= 0.6 is 0 Å². The molecule has 3 rings (SSSR count). The Labute approximate surface area is 105 Å². The van der Waals surface area contributed by atoms with Crippen molar-refractivity contribution in [2.45, 2.75) is 12.5 Å². The van der Waals surface area contributed by atoms with Gasteiger partial charge >= 0.3 is 0 Å². The van der Waals surface area contributed by atoms with Crippen LogP contribution in [0.25, 0.3) is 0 Å². The molecule has 2 aromatic rings. The van der Waals surface area contributed by atoms with Gasteiger partial charge in [0.15, 0.2) is 11.6 Å². The molecule has 0 aromatic heterocycles. The zero-order valence-electron chi connectivity index (χ0n) is 9.90. The summed E-state index contributed by atoms with van der Waals surface area (Å²) in [5.74, 6) is 0.101. The highest BCUT2D eigenvalue weighted by molar-refractivity contribution is 5.48. The number of fused-ring (bicyclic) bond motifs is 1. The average Bonchev–Trinajstić information content (AvgIpc) is 2.41. The first-order valence-electron chi connectivity index (χ1n) is 6.07. The zero-order valence-corrected chi connectivity index (χ0v) is 9.90. The van der Waals surface area contributed by atoms with Crippen LogP contribution in [0.1, 0.15) is 18.0 Å². The number of ether oxygens (including phenoxy) is 1.